The molecule has 3 nitrogen and oxygen atoms in total. The predicted molar refractivity (Wildman–Crippen MR) is 128 cm³/mol. The zero-order valence-electron chi connectivity index (χ0n) is 19.4. The number of halogens is 1. The number of benzene rings is 1. The molecule has 0 amide bonds. The van der Waals surface area contributed by atoms with Gasteiger partial charge in [0.1, 0.15) is 5.75 Å². The van der Waals surface area contributed by atoms with Gasteiger partial charge < -0.3 is 9.64 Å². The molecule has 166 valence electrons. The first-order valence-electron chi connectivity index (χ1n) is 11.6. The van der Waals surface area contributed by atoms with Crippen LogP contribution in [0.2, 0.25) is 0 Å². The SMILES string of the molecule is CCCCN1CCN(c2ccc(OC)cc2C2CCC(C(C)(C)C)CC2)CC1.Cl. The second-order valence-corrected chi connectivity index (χ2v) is 10.0. The van der Waals surface area contributed by atoms with E-state index in [2.05, 4.69) is 55.7 Å². The van der Waals surface area contributed by atoms with Gasteiger partial charge in [-0.2, -0.15) is 0 Å². The number of nitrogens with zero attached hydrogens (tertiary/aromatic N) is 2. The molecule has 1 aromatic rings. The predicted octanol–water partition coefficient (Wildman–Crippen LogP) is 6.36. The molecule has 0 unspecified atom stereocenters. The van der Waals surface area contributed by atoms with Crippen LogP contribution >= 0.6 is 12.4 Å². The maximum absolute atomic E-state index is 5.60. The quantitative estimate of drug-likeness (QED) is 0.530. The molecule has 3 rings (SSSR count). The van der Waals surface area contributed by atoms with Gasteiger partial charge in [0, 0.05) is 31.9 Å². The molecular weight excluding hydrogens is 380 g/mol. The van der Waals surface area contributed by atoms with E-state index < -0.39 is 0 Å². The van der Waals surface area contributed by atoms with Gasteiger partial charge in [0.2, 0.25) is 0 Å². The summed E-state index contributed by atoms with van der Waals surface area (Å²) < 4.78 is 5.60. The van der Waals surface area contributed by atoms with E-state index in [-0.39, 0.29) is 12.4 Å². The van der Waals surface area contributed by atoms with Crippen molar-refractivity contribution in [1.29, 1.82) is 0 Å². The largest absolute Gasteiger partial charge is 0.497 e. The Balaban J connectivity index is 0.00000300. The van der Waals surface area contributed by atoms with E-state index >= 15 is 0 Å². The molecule has 1 heterocycles. The normalized spacial score (nSPS) is 23.6. The highest BCUT2D eigenvalue weighted by Gasteiger charge is 2.32. The van der Waals surface area contributed by atoms with E-state index in [4.69, 9.17) is 4.74 Å². The first-order valence-corrected chi connectivity index (χ1v) is 11.6. The van der Waals surface area contributed by atoms with Crippen LogP contribution in [0.3, 0.4) is 0 Å². The van der Waals surface area contributed by atoms with E-state index in [1.807, 2.05) is 0 Å². The van der Waals surface area contributed by atoms with Crippen molar-refractivity contribution >= 4 is 18.1 Å². The molecule has 0 spiro atoms. The third kappa shape index (κ3) is 6.28. The van der Waals surface area contributed by atoms with Crippen LogP contribution in [0.5, 0.6) is 5.75 Å². The molecule has 0 N–H and O–H groups in total. The first-order chi connectivity index (χ1) is 13.4. The molecule has 0 atom stereocenters. The zero-order valence-corrected chi connectivity index (χ0v) is 20.2. The first kappa shape index (κ1) is 24.3. The molecule has 1 saturated heterocycles. The molecule has 4 heteroatoms. The molecule has 29 heavy (non-hydrogen) atoms. The van der Waals surface area contributed by atoms with Gasteiger partial charge in [-0.15, -0.1) is 12.4 Å². The zero-order chi connectivity index (χ0) is 20.1. The Labute approximate surface area is 185 Å². The number of hydrogen-bond donors (Lipinski definition) is 0. The maximum Gasteiger partial charge on any atom is 0.119 e. The Morgan fingerprint density at radius 1 is 1.00 bits per heavy atom. The fraction of sp³-hybridized carbons (Fsp3) is 0.760. The summed E-state index contributed by atoms with van der Waals surface area (Å²) in [6, 6.07) is 6.82. The van der Waals surface area contributed by atoms with Gasteiger partial charge >= 0.3 is 0 Å². The Kier molecular flexibility index (Phi) is 9.15. The molecule has 2 aliphatic rings. The maximum atomic E-state index is 5.60. The van der Waals surface area contributed by atoms with Crippen molar-refractivity contribution in [1.82, 2.24) is 4.90 Å². The molecular formula is C25H43ClN2O. The fourth-order valence-electron chi connectivity index (χ4n) is 5.14. The molecule has 2 fully saturated rings. The summed E-state index contributed by atoms with van der Waals surface area (Å²) in [4.78, 5) is 5.27. The highest BCUT2D eigenvalue weighted by Crippen LogP contribution is 2.45. The van der Waals surface area contributed by atoms with Crippen molar-refractivity contribution in [2.45, 2.75) is 72.1 Å². The Morgan fingerprint density at radius 2 is 1.66 bits per heavy atom. The number of methoxy groups -OCH3 is 1. The average Bonchev–Trinajstić information content (AvgIpc) is 2.71. The highest BCUT2D eigenvalue weighted by molar-refractivity contribution is 5.85. The summed E-state index contributed by atoms with van der Waals surface area (Å²) in [6.45, 7) is 15.5. The fourth-order valence-corrected chi connectivity index (χ4v) is 5.14. The van der Waals surface area contributed by atoms with Crippen molar-refractivity contribution in [2.24, 2.45) is 11.3 Å². The lowest BCUT2D eigenvalue weighted by Gasteiger charge is -2.40. The number of ether oxygens (including phenoxy) is 1. The van der Waals surface area contributed by atoms with Gasteiger partial charge in [-0.1, -0.05) is 34.1 Å². The summed E-state index contributed by atoms with van der Waals surface area (Å²) >= 11 is 0. The lowest BCUT2D eigenvalue weighted by atomic mass is 9.68. The molecule has 1 aliphatic carbocycles. The third-order valence-corrected chi connectivity index (χ3v) is 7.17. The van der Waals surface area contributed by atoms with E-state index in [0.717, 1.165) is 24.8 Å². The van der Waals surface area contributed by atoms with Crippen LogP contribution in [0, 0.1) is 11.3 Å². The van der Waals surface area contributed by atoms with Crippen molar-refractivity contribution in [3.63, 3.8) is 0 Å². The van der Waals surface area contributed by atoms with Gasteiger partial charge in [0.15, 0.2) is 0 Å². The molecule has 1 aromatic carbocycles. The van der Waals surface area contributed by atoms with E-state index in [1.54, 1.807) is 7.11 Å². The average molecular weight is 423 g/mol. The third-order valence-electron chi connectivity index (χ3n) is 7.17. The number of anilines is 1. The van der Waals surface area contributed by atoms with Crippen molar-refractivity contribution in [3.05, 3.63) is 23.8 Å². The number of rotatable bonds is 6. The lowest BCUT2D eigenvalue weighted by Crippen LogP contribution is -2.47. The summed E-state index contributed by atoms with van der Waals surface area (Å²) in [7, 11) is 1.79. The summed E-state index contributed by atoms with van der Waals surface area (Å²) in [5, 5.41) is 0. The van der Waals surface area contributed by atoms with Crippen LogP contribution in [0.15, 0.2) is 18.2 Å². The van der Waals surface area contributed by atoms with Crippen LogP contribution in [-0.2, 0) is 0 Å². The van der Waals surface area contributed by atoms with Gasteiger partial charge in [-0.05, 0) is 79.7 Å². The number of hydrogen-bond acceptors (Lipinski definition) is 3. The molecule has 1 saturated carbocycles. The minimum Gasteiger partial charge on any atom is -0.497 e. The van der Waals surface area contributed by atoms with Crippen molar-refractivity contribution in [2.75, 3.05) is 44.7 Å². The second kappa shape index (κ2) is 10.9. The highest BCUT2D eigenvalue weighted by atomic mass is 35.5. The summed E-state index contributed by atoms with van der Waals surface area (Å²) in [5.74, 6) is 2.56. The van der Waals surface area contributed by atoms with Gasteiger partial charge in [0.25, 0.3) is 0 Å². The van der Waals surface area contributed by atoms with Crippen LogP contribution in [0.4, 0.5) is 5.69 Å². The number of piperazine rings is 1. The van der Waals surface area contributed by atoms with Gasteiger partial charge in [-0.3, -0.25) is 4.90 Å². The molecule has 0 aromatic heterocycles. The number of unbranched alkanes of at least 4 members (excludes halogenated alkanes) is 1. The summed E-state index contributed by atoms with van der Waals surface area (Å²) in [5.41, 5.74) is 3.45. The Morgan fingerprint density at radius 3 is 2.21 bits per heavy atom. The van der Waals surface area contributed by atoms with Gasteiger partial charge in [-0.25, -0.2) is 0 Å². The second-order valence-electron chi connectivity index (χ2n) is 10.0. The minimum atomic E-state index is 0. The molecule has 1 aliphatic heterocycles. The monoisotopic (exact) mass is 422 g/mol. The van der Waals surface area contributed by atoms with Crippen molar-refractivity contribution in [3.8, 4) is 5.75 Å². The Bertz CT molecular complexity index is 612. The lowest BCUT2D eigenvalue weighted by molar-refractivity contribution is 0.169. The van der Waals surface area contributed by atoms with E-state index in [1.165, 1.54) is 69.4 Å². The van der Waals surface area contributed by atoms with Gasteiger partial charge in [0.05, 0.1) is 7.11 Å². The smallest absolute Gasteiger partial charge is 0.119 e. The minimum absolute atomic E-state index is 0. The van der Waals surface area contributed by atoms with E-state index in [0.29, 0.717) is 11.3 Å². The molecule has 0 bridgehead atoms. The van der Waals surface area contributed by atoms with Crippen LogP contribution in [-0.4, -0.2) is 44.7 Å². The van der Waals surface area contributed by atoms with E-state index in [9.17, 15) is 0 Å². The Hall–Kier alpha value is -0.930. The van der Waals surface area contributed by atoms with Crippen LogP contribution in [0.25, 0.3) is 0 Å². The summed E-state index contributed by atoms with van der Waals surface area (Å²) in [6.07, 6.45) is 7.97. The molecule has 0 radical (unpaired) electrons. The standard InChI is InChI=1S/C25H42N2O.ClH/c1-6-7-14-26-15-17-27(18-16-26)24-13-12-22(28-5)19-23(24)20-8-10-21(11-9-20)25(2,3)4;/h12-13,19-21H,6-11,14-18H2,1-5H3;1H. The topological polar surface area (TPSA) is 15.7 Å². The van der Waals surface area contributed by atoms with Crippen molar-refractivity contribution < 1.29 is 4.74 Å². The van der Waals surface area contributed by atoms with Crippen LogP contribution < -0.4 is 9.64 Å². The van der Waals surface area contributed by atoms with Crippen LogP contribution in [0.1, 0.15) is 77.7 Å².